The Morgan fingerprint density at radius 3 is 2.65 bits per heavy atom. The van der Waals surface area contributed by atoms with E-state index in [9.17, 15) is 14.1 Å². The van der Waals surface area contributed by atoms with Crippen LogP contribution in [0.15, 0.2) is 47.1 Å². The summed E-state index contributed by atoms with van der Waals surface area (Å²) in [6, 6.07) is 11.4. The van der Waals surface area contributed by atoms with Crippen LogP contribution in [0.3, 0.4) is 0 Å². The largest absolute Gasteiger partial charge is 0.615 e. The first-order valence-corrected chi connectivity index (χ1v) is 9.91. The molecule has 0 aliphatic carbocycles. The van der Waals surface area contributed by atoms with Crippen molar-refractivity contribution in [2.24, 2.45) is 0 Å². The van der Waals surface area contributed by atoms with E-state index < -0.39 is 16.5 Å². The normalized spacial score (nSPS) is 17.7. The van der Waals surface area contributed by atoms with Crippen LogP contribution in [0, 0.1) is 0 Å². The Bertz CT molecular complexity index is 742. The lowest BCUT2D eigenvalue weighted by Crippen LogP contribution is -2.54. The number of carbonyl (C=O) groups is 2. The number of benzene rings is 1. The van der Waals surface area contributed by atoms with Gasteiger partial charge in [0.2, 0.25) is 11.3 Å². The summed E-state index contributed by atoms with van der Waals surface area (Å²) < 4.78 is 18.2. The molecule has 0 spiro atoms. The molecule has 0 N–H and O–H groups in total. The first-order valence-electron chi connectivity index (χ1n) is 8.53. The van der Waals surface area contributed by atoms with E-state index in [4.69, 9.17) is 4.42 Å². The average molecular weight is 374 g/mol. The van der Waals surface area contributed by atoms with Gasteiger partial charge in [0.25, 0.3) is 0 Å². The van der Waals surface area contributed by atoms with E-state index >= 15 is 0 Å². The van der Waals surface area contributed by atoms with Crippen LogP contribution in [0.5, 0.6) is 0 Å². The fourth-order valence-corrected chi connectivity index (χ4v) is 4.46. The molecule has 1 amide bonds. The zero-order chi connectivity index (χ0) is 18.5. The predicted molar refractivity (Wildman–Crippen MR) is 99.7 cm³/mol. The highest BCUT2D eigenvalue weighted by molar-refractivity contribution is 7.91. The van der Waals surface area contributed by atoms with Crippen LogP contribution in [0.4, 0.5) is 0 Å². The summed E-state index contributed by atoms with van der Waals surface area (Å²) in [6.07, 6.45) is 2.37. The molecular weight excluding hydrogens is 352 g/mol. The van der Waals surface area contributed by atoms with Gasteiger partial charge in [-0.3, -0.25) is 9.59 Å². The molecule has 0 radical (unpaired) electrons. The van der Waals surface area contributed by atoms with Crippen molar-refractivity contribution in [2.45, 2.75) is 18.1 Å². The Balaban J connectivity index is 1.65. The first-order chi connectivity index (χ1) is 12.6. The molecule has 1 aliphatic rings. The molecule has 2 atom stereocenters. The molecule has 7 heteroatoms. The molecule has 3 rings (SSSR count). The minimum Gasteiger partial charge on any atom is -0.615 e. The molecule has 6 nitrogen and oxygen atoms in total. The van der Waals surface area contributed by atoms with E-state index in [-0.39, 0.29) is 5.91 Å². The zero-order valence-corrected chi connectivity index (χ0v) is 15.5. The number of carbonyl (C=O) groups excluding carboxylic acids is 2. The van der Waals surface area contributed by atoms with E-state index in [2.05, 4.69) is 0 Å². The summed E-state index contributed by atoms with van der Waals surface area (Å²) in [5.41, 5.74) is 1.81. The number of amides is 1. The molecular formula is C19H22N2O4S. The fourth-order valence-electron chi connectivity index (χ4n) is 3.11. The fraction of sp³-hybridized carbons (Fsp3) is 0.368. The van der Waals surface area contributed by atoms with E-state index in [0.29, 0.717) is 31.9 Å². The van der Waals surface area contributed by atoms with E-state index in [1.807, 2.05) is 41.3 Å². The molecule has 1 aliphatic heterocycles. The minimum absolute atomic E-state index is 0.0307. The van der Waals surface area contributed by atoms with Gasteiger partial charge < -0.3 is 13.9 Å². The van der Waals surface area contributed by atoms with E-state index in [1.165, 1.54) is 6.92 Å². The number of furan rings is 1. The molecule has 1 fully saturated rings. The summed E-state index contributed by atoms with van der Waals surface area (Å²) in [7, 11) is 0. The van der Waals surface area contributed by atoms with Crippen molar-refractivity contribution in [3.8, 4) is 11.3 Å². The third-order valence-corrected chi connectivity index (χ3v) is 6.11. The van der Waals surface area contributed by atoms with Gasteiger partial charge in [0.1, 0.15) is 11.5 Å². The Hall–Kier alpha value is -2.09. The number of hydrogen-bond acceptors (Lipinski definition) is 5. The lowest BCUT2D eigenvalue weighted by Gasteiger charge is -2.36. The number of hydrogen-bond donors (Lipinski definition) is 0. The number of aldehydes is 1. The summed E-state index contributed by atoms with van der Waals surface area (Å²) in [5, 5.41) is -0.656. The third kappa shape index (κ3) is 4.35. The molecule has 2 heterocycles. The molecule has 1 saturated heterocycles. The maximum absolute atomic E-state index is 12.8. The summed E-state index contributed by atoms with van der Waals surface area (Å²) in [4.78, 5) is 26.6. The smallest absolute Gasteiger partial charge is 0.225 e. The summed E-state index contributed by atoms with van der Waals surface area (Å²) >= 11 is -1.36. The Morgan fingerprint density at radius 2 is 2.04 bits per heavy atom. The molecule has 2 aromatic rings. The van der Waals surface area contributed by atoms with Crippen LogP contribution in [0.25, 0.3) is 11.3 Å². The van der Waals surface area contributed by atoms with Gasteiger partial charge in [-0.1, -0.05) is 18.2 Å². The second-order valence-corrected chi connectivity index (χ2v) is 7.80. The molecule has 1 aromatic carbocycles. The molecule has 2 unspecified atom stereocenters. The van der Waals surface area contributed by atoms with Gasteiger partial charge in [0.15, 0.2) is 6.29 Å². The standard InChI is InChI=1S/C19H22N2O4S/c1-15(23)20-7-9-21(10-8-20)19(13-22)26(24)14-16-4-2-5-17(12-16)18-6-3-11-25-18/h2-6,11-13,19H,7-10,14H2,1H3. The number of piperazine rings is 1. The Kier molecular flexibility index (Phi) is 6.13. The van der Waals surface area contributed by atoms with Gasteiger partial charge in [0.05, 0.1) is 6.26 Å². The highest BCUT2D eigenvalue weighted by Gasteiger charge is 2.32. The monoisotopic (exact) mass is 374 g/mol. The van der Waals surface area contributed by atoms with E-state index in [0.717, 1.165) is 23.2 Å². The van der Waals surface area contributed by atoms with Gasteiger partial charge in [-0.2, -0.15) is 0 Å². The van der Waals surface area contributed by atoms with Gasteiger partial charge in [0, 0.05) is 44.2 Å². The zero-order valence-electron chi connectivity index (χ0n) is 14.7. The SMILES string of the molecule is CC(=O)N1CCN(C(C=O)[S+]([O-])Cc2cccc(-c3ccco3)c2)CC1. The van der Waals surface area contributed by atoms with Gasteiger partial charge >= 0.3 is 0 Å². The quantitative estimate of drug-likeness (QED) is 0.570. The van der Waals surface area contributed by atoms with Crippen LogP contribution in [-0.2, 0) is 26.5 Å². The minimum atomic E-state index is -1.36. The maximum Gasteiger partial charge on any atom is 0.225 e. The number of rotatable bonds is 6. The van der Waals surface area contributed by atoms with Crippen molar-refractivity contribution < 1.29 is 18.6 Å². The second kappa shape index (κ2) is 8.53. The highest BCUT2D eigenvalue weighted by atomic mass is 32.2. The van der Waals surface area contributed by atoms with Crippen molar-refractivity contribution in [1.82, 2.24) is 9.80 Å². The lowest BCUT2D eigenvalue weighted by atomic mass is 10.1. The van der Waals surface area contributed by atoms with Crippen molar-refractivity contribution >= 4 is 23.4 Å². The predicted octanol–water partition coefficient (Wildman–Crippen LogP) is 1.88. The Morgan fingerprint density at radius 1 is 1.27 bits per heavy atom. The molecule has 26 heavy (non-hydrogen) atoms. The molecule has 0 bridgehead atoms. The van der Waals surface area contributed by atoms with Crippen LogP contribution >= 0.6 is 0 Å². The first kappa shape index (κ1) is 18.7. The average Bonchev–Trinajstić information content (AvgIpc) is 3.18. The topological polar surface area (TPSA) is 76.8 Å². The molecule has 138 valence electrons. The number of nitrogens with zero attached hydrogens (tertiary/aromatic N) is 2. The molecule has 1 aromatic heterocycles. The van der Waals surface area contributed by atoms with Crippen LogP contribution < -0.4 is 0 Å². The van der Waals surface area contributed by atoms with Gasteiger partial charge in [-0.25, -0.2) is 4.90 Å². The molecule has 0 saturated carbocycles. The highest BCUT2D eigenvalue weighted by Crippen LogP contribution is 2.23. The van der Waals surface area contributed by atoms with Crippen LogP contribution in [0.2, 0.25) is 0 Å². The summed E-state index contributed by atoms with van der Waals surface area (Å²) in [5.74, 6) is 1.08. The van der Waals surface area contributed by atoms with Crippen molar-refractivity contribution in [3.05, 3.63) is 48.2 Å². The third-order valence-electron chi connectivity index (χ3n) is 4.55. The van der Waals surface area contributed by atoms with Crippen molar-refractivity contribution in [3.63, 3.8) is 0 Å². The van der Waals surface area contributed by atoms with Crippen molar-refractivity contribution in [2.75, 3.05) is 26.2 Å². The Labute approximate surface area is 155 Å². The van der Waals surface area contributed by atoms with E-state index in [1.54, 1.807) is 11.2 Å². The van der Waals surface area contributed by atoms with Crippen LogP contribution in [-0.4, -0.2) is 58.1 Å². The lowest BCUT2D eigenvalue weighted by molar-refractivity contribution is -0.130. The van der Waals surface area contributed by atoms with Gasteiger partial charge in [-0.15, -0.1) is 0 Å². The van der Waals surface area contributed by atoms with Crippen LogP contribution in [0.1, 0.15) is 12.5 Å². The maximum atomic E-state index is 12.8. The van der Waals surface area contributed by atoms with Crippen molar-refractivity contribution in [1.29, 1.82) is 0 Å². The summed E-state index contributed by atoms with van der Waals surface area (Å²) in [6.45, 7) is 3.77. The van der Waals surface area contributed by atoms with Gasteiger partial charge in [-0.05, 0) is 29.4 Å². The second-order valence-electron chi connectivity index (χ2n) is 6.27.